The Bertz CT molecular complexity index is 2840. The van der Waals surface area contributed by atoms with E-state index in [1.807, 2.05) is 42.6 Å². The first-order valence-corrected chi connectivity index (χ1v) is 19.2. The van der Waals surface area contributed by atoms with Gasteiger partial charge in [0.1, 0.15) is 17.4 Å². The van der Waals surface area contributed by atoms with Crippen LogP contribution in [0.15, 0.2) is 188 Å². The Morgan fingerprint density at radius 2 is 1.29 bits per heavy atom. The topological polar surface area (TPSA) is 54.2 Å². The van der Waals surface area contributed by atoms with Gasteiger partial charge in [-0.15, -0.1) is 29.8 Å². The normalized spacial score (nSPS) is 11.3. The van der Waals surface area contributed by atoms with E-state index in [1.165, 1.54) is 0 Å². The van der Waals surface area contributed by atoms with E-state index in [4.69, 9.17) is 9.97 Å². The molecule has 0 aliphatic rings. The van der Waals surface area contributed by atoms with Gasteiger partial charge in [-0.1, -0.05) is 148 Å². The van der Waals surface area contributed by atoms with Gasteiger partial charge in [-0.3, -0.25) is 4.98 Å². The van der Waals surface area contributed by atoms with Gasteiger partial charge >= 0.3 is 0 Å². The van der Waals surface area contributed by atoms with Crippen molar-refractivity contribution in [3.63, 3.8) is 0 Å². The minimum Gasteiger partial charge on any atom is -0.507 e. The molecule has 0 spiro atoms. The molecule has 0 aliphatic carbocycles. The van der Waals surface area contributed by atoms with Crippen molar-refractivity contribution in [3.8, 4) is 56.5 Å². The summed E-state index contributed by atoms with van der Waals surface area (Å²) >= 11 is 0. The zero-order valence-electron chi connectivity index (χ0n) is 32.5. The molecule has 0 bridgehead atoms. The predicted octanol–water partition coefficient (Wildman–Crippen LogP) is 13.4. The van der Waals surface area contributed by atoms with Crippen molar-refractivity contribution in [1.82, 2.24) is 14.5 Å². The van der Waals surface area contributed by atoms with Gasteiger partial charge in [0.05, 0.1) is 16.9 Å². The average molecular weight is 933 g/mol. The summed E-state index contributed by atoms with van der Waals surface area (Å²) in [6.07, 6.45) is 1.82. The van der Waals surface area contributed by atoms with E-state index < -0.39 is 0 Å². The summed E-state index contributed by atoms with van der Waals surface area (Å²) in [5.41, 5.74) is 9.87. The van der Waals surface area contributed by atoms with E-state index in [-0.39, 0.29) is 32.2 Å². The fraction of sp³-hybridized carbons (Fsp3) is 0.0769. The summed E-state index contributed by atoms with van der Waals surface area (Å²) in [5.74, 6) is 1.57. The van der Waals surface area contributed by atoms with Crippen LogP contribution in [-0.2, 0) is 26.5 Å². The number of pyridine rings is 1. The SMILES string of the molecule is CC(C)(C)c1ccc(O)c(-c2nc(-c3[c-]c(N(c4ccccn4)c4cccc5ccccc45)ccc3)c(-c3ccccc3)n2-c2ccccc2-c2ccccc2)c1.[Pt]. The Labute approximate surface area is 354 Å². The summed E-state index contributed by atoms with van der Waals surface area (Å²) in [7, 11) is 0. The van der Waals surface area contributed by atoms with Gasteiger partial charge in [-0.25, -0.2) is 4.98 Å². The number of phenols is 1. The Morgan fingerprint density at radius 1 is 0.621 bits per heavy atom. The van der Waals surface area contributed by atoms with Crippen molar-refractivity contribution < 1.29 is 26.2 Å². The Hall–Kier alpha value is -6.55. The second kappa shape index (κ2) is 16.1. The fourth-order valence-electron chi connectivity index (χ4n) is 7.59. The first-order chi connectivity index (χ1) is 27.8. The van der Waals surface area contributed by atoms with Crippen LogP contribution in [0.3, 0.4) is 0 Å². The van der Waals surface area contributed by atoms with Crippen LogP contribution < -0.4 is 4.90 Å². The van der Waals surface area contributed by atoms with Gasteiger partial charge in [0.25, 0.3) is 0 Å². The Kier molecular flexibility index (Phi) is 10.7. The number of hydrogen-bond donors (Lipinski definition) is 1. The predicted molar refractivity (Wildman–Crippen MR) is 234 cm³/mol. The molecule has 0 fully saturated rings. The molecule has 2 aromatic heterocycles. The van der Waals surface area contributed by atoms with Crippen LogP contribution in [0, 0.1) is 6.07 Å². The maximum Gasteiger partial charge on any atom is 0.139 e. The molecule has 0 aliphatic heterocycles. The van der Waals surface area contributed by atoms with Crippen molar-refractivity contribution in [2.24, 2.45) is 0 Å². The molecule has 58 heavy (non-hydrogen) atoms. The summed E-state index contributed by atoms with van der Waals surface area (Å²) in [4.78, 5) is 12.6. The van der Waals surface area contributed by atoms with Gasteiger partial charge in [0.15, 0.2) is 0 Å². The van der Waals surface area contributed by atoms with Crippen LogP contribution in [-0.4, -0.2) is 19.6 Å². The van der Waals surface area contributed by atoms with Crippen LogP contribution in [0.5, 0.6) is 5.75 Å². The fourth-order valence-corrected chi connectivity index (χ4v) is 7.59. The van der Waals surface area contributed by atoms with Crippen LogP contribution in [0.4, 0.5) is 17.2 Å². The van der Waals surface area contributed by atoms with Crippen molar-refractivity contribution >= 4 is 28.0 Å². The van der Waals surface area contributed by atoms with Gasteiger partial charge in [0, 0.05) is 49.6 Å². The van der Waals surface area contributed by atoms with Crippen molar-refractivity contribution in [1.29, 1.82) is 0 Å². The molecule has 0 radical (unpaired) electrons. The summed E-state index contributed by atoms with van der Waals surface area (Å²) in [6.45, 7) is 6.56. The number of phenolic OH excluding ortho intramolecular Hbond substituents is 1. The number of anilines is 3. The van der Waals surface area contributed by atoms with Crippen LogP contribution in [0.25, 0.3) is 61.5 Å². The standard InChI is InChI=1S/C52H41N4O.Pt/c1-52(2,3)40-31-32-47(57)44(35-40)51-54-49(50(38-21-8-5-9-22-38)56(51)46-28-13-12-27-43(46)36-18-6-4-7-19-36)39-24-16-25-41(34-39)55(48-30-14-15-33-53-48)45-29-17-23-37-20-10-11-26-42(37)45;/h4-33,35,57H,1-3H3;/q-1;. The molecule has 2 heterocycles. The first-order valence-electron chi connectivity index (χ1n) is 19.2. The molecule has 5 nitrogen and oxygen atoms in total. The van der Waals surface area contributed by atoms with E-state index in [9.17, 15) is 5.11 Å². The Balaban J connectivity index is 0.00000469. The number of aromatic nitrogens is 3. The number of para-hydroxylation sites is 1. The van der Waals surface area contributed by atoms with E-state index >= 15 is 0 Å². The van der Waals surface area contributed by atoms with Crippen molar-refractivity contribution in [3.05, 3.63) is 200 Å². The molecule has 0 saturated carbocycles. The zero-order chi connectivity index (χ0) is 38.9. The maximum atomic E-state index is 11.7. The monoisotopic (exact) mass is 932 g/mol. The number of imidazole rings is 1. The number of aromatic hydroxyl groups is 1. The molecule has 1 N–H and O–H groups in total. The molecule has 0 atom stereocenters. The van der Waals surface area contributed by atoms with Crippen LogP contribution >= 0.6 is 0 Å². The average Bonchev–Trinajstić information content (AvgIpc) is 3.65. The zero-order valence-corrected chi connectivity index (χ0v) is 34.7. The van der Waals surface area contributed by atoms with Gasteiger partial charge in [0.2, 0.25) is 0 Å². The molecule has 6 heteroatoms. The first kappa shape index (κ1) is 38.3. The molecule has 9 rings (SSSR count). The minimum absolute atomic E-state index is 0. The summed E-state index contributed by atoms with van der Waals surface area (Å²) < 4.78 is 2.22. The number of nitrogens with zero attached hydrogens (tertiary/aromatic N) is 4. The third-order valence-corrected chi connectivity index (χ3v) is 10.4. The number of rotatable bonds is 8. The maximum absolute atomic E-state index is 11.7. The molecule has 0 amide bonds. The quantitative estimate of drug-likeness (QED) is 0.154. The van der Waals surface area contributed by atoms with E-state index in [1.54, 1.807) is 6.07 Å². The van der Waals surface area contributed by atoms with Gasteiger partial charge in [-0.2, -0.15) is 0 Å². The van der Waals surface area contributed by atoms with E-state index in [2.05, 4.69) is 176 Å². The van der Waals surface area contributed by atoms with Crippen LogP contribution in [0.2, 0.25) is 0 Å². The third-order valence-electron chi connectivity index (χ3n) is 10.4. The van der Waals surface area contributed by atoms with E-state index in [0.29, 0.717) is 11.4 Å². The van der Waals surface area contributed by atoms with E-state index in [0.717, 1.165) is 72.9 Å². The molecule has 0 saturated heterocycles. The van der Waals surface area contributed by atoms with Crippen molar-refractivity contribution in [2.75, 3.05) is 4.90 Å². The second-order valence-electron chi connectivity index (χ2n) is 15.2. The number of benzene rings is 7. The van der Waals surface area contributed by atoms with Gasteiger partial charge in [-0.05, 0) is 69.6 Å². The van der Waals surface area contributed by atoms with Crippen LogP contribution in [0.1, 0.15) is 26.3 Å². The summed E-state index contributed by atoms with van der Waals surface area (Å²) in [6, 6.07) is 65.9. The van der Waals surface area contributed by atoms with Crippen molar-refractivity contribution in [2.45, 2.75) is 26.2 Å². The summed E-state index contributed by atoms with van der Waals surface area (Å²) in [5, 5.41) is 14.0. The molecular formula is C52H41N4OPt-. The molecule has 7 aromatic carbocycles. The minimum atomic E-state index is -0.161. The molecular weight excluding hydrogens is 892 g/mol. The Morgan fingerprint density at radius 3 is 2.05 bits per heavy atom. The molecule has 9 aromatic rings. The van der Waals surface area contributed by atoms with Gasteiger partial charge < -0.3 is 14.6 Å². The molecule has 0 unspecified atom stereocenters. The third kappa shape index (κ3) is 7.26. The second-order valence-corrected chi connectivity index (χ2v) is 15.2. The largest absolute Gasteiger partial charge is 0.507 e. The number of fused-ring (bicyclic) bond motifs is 1. The smallest absolute Gasteiger partial charge is 0.139 e. The molecule has 286 valence electrons. The number of hydrogen-bond acceptors (Lipinski definition) is 4.